The molecular formula is C31H22N2. The summed E-state index contributed by atoms with van der Waals surface area (Å²) in [5, 5.41) is 5.19. The minimum Gasteiger partial charge on any atom is -0.344 e. The highest BCUT2D eigenvalue weighted by Gasteiger charge is 2.18. The summed E-state index contributed by atoms with van der Waals surface area (Å²) in [4.78, 5) is 0. The van der Waals surface area contributed by atoms with E-state index in [0.29, 0.717) is 0 Å². The van der Waals surface area contributed by atoms with Crippen molar-refractivity contribution in [3.8, 4) is 16.8 Å². The van der Waals surface area contributed by atoms with Crippen LogP contribution in [-0.2, 0) is 7.05 Å². The summed E-state index contributed by atoms with van der Waals surface area (Å²) in [6.07, 6.45) is 0. The van der Waals surface area contributed by atoms with Gasteiger partial charge >= 0.3 is 0 Å². The Balaban J connectivity index is 1.67. The van der Waals surface area contributed by atoms with Crippen molar-refractivity contribution in [2.75, 3.05) is 0 Å². The molecule has 2 nitrogen and oxygen atoms in total. The number of hydrogen-bond acceptors (Lipinski definition) is 0. The molecule has 2 aromatic heterocycles. The highest BCUT2D eigenvalue weighted by Crippen LogP contribution is 2.40. The summed E-state index contributed by atoms with van der Waals surface area (Å²) in [5.41, 5.74) is 8.71. The Labute approximate surface area is 191 Å². The molecule has 0 atom stereocenters. The van der Waals surface area contributed by atoms with Gasteiger partial charge in [-0.2, -0.15) is 0 Å². The van der Waals surface area contributed by atoms with E-state index in [1.54, 1.807) is 0 Å². The van der Waals surface area contributed by atoms with Crippen LogP contribution in [0.2, 0.25) is 0 Å². The van der Waals surface area contributed by atoms with Crippen LogP contribution in [0.3, 0.4) is 0 Å². The van der Waals surface area contributed by atoms with Gasteiger partial charge in [0.15, 0.2) is 0 Å². The SMILES string of the molecule is Cn1c2cc3c(cc2c2c(-c4ccccc4)cccc21)c1ccccc1n3-c1ccccc1. The summed E-state index contributed by atoms with van der Waals surface area (Å²) in [6, 6.07) is 41.5. The van der Waals surface area contributed by atoms with Crippen LogP contribution >= 0.6 is 0 Å². The highest BCUT2D eigenvalue weighted by atomic mass is 15.0. The fraction of sp³-hybridized carbons (Fsp3) is 0.0323. The van der Waals surface area contributed by atoms with Crippen LogP contribution in [-0.4, -0.2) is 9.13 Å². The number of rotatable bonds is 2. The molecule has 2 heteroatoms. The molecule has 2 heterocycles. The second-order valence-corrected chi connectivity index (χ2v) is 8.70. The molecule has 0 spiro atoms. The fourth-order valence-corrected chi connectivity index (χ4v) is 5.43. The van der Waals surface area contributed by atoms with E-state index in [4.69, 9.17) is 0 Å². The molecule has 0 N–H and O–H groups in total. The number of nitrogens with zero attached hydrogens (tertiary/aromatic N) is 2. The van der Waals surface area contributed by atoms with Crippen molar-refractivity contribution >= 4 is 43.6 Å². The summed E-state index contributed by atoms with van der Waals surface area (Å²) in [7, 11) is 2.18. The molecule has 0 bridgehead atoms. The maximum absolute atomic E-state index is 2.40. The van der Waals surface area contributed by atoms with Gasteiger partial charge in [-0.1, -0.05) is 78.9 Å². The largest absolute Gasteiger partial charge is 0.344 e. The fourth-order valence-electron chi connectivity index (χ4n) is 5.43. The first-order valence-electron chi connectivity index (χ1n) is 11.4. The molecule has 0 aliphatic rings. The minimum absolute atomic E-state index is 1.19. The van der Waals surface area contributed by atoms with Gasteiger partial charge in [-0.15, -0.1) is 0 Å². The van der Waals surface area contributed by atoms with Gasteiger partial charge in [0.25, 0.3) is 0 Å². The Bertz CT molecular complexity index is 1800. The lowest BCUT2D eigenvalue weighted by molar-refractivity contribution is 1.01. The molecule has 156 valence electrons. The Kier molecular flexibility index (Phi) is 3.80. The topological polar surface area (TPSA) is 9.86 Å². The second-order valence-electron chi connectivity index (χ2n) is 8.70. The Morgan fingerprint density at radius 3 is 2.00 bits per heavy atom. The normalized spacial score (nSPS) is 11.8. The van der Waals surface area contributed by atoms with Crippen molar-refractivity contribution in [2.45, 2.75) is 0 Å². The molecule has 0 saturated carbocycles. The third kappa shape index (κ3) is 2.55. The predicted octanol–water partition coefficient (Wildman–Crippen LogP) is 8.10. The molecule has 7 rings (SSSR count). The van der Waals surface area contributed by atoms with Crippen molar-refractivity contribution < 1.29 is 0 Å². The van der Waals surface area contributed by atoms with E-state index in [9.17, 15) is 0 Å². The number of aryl methyl sites for hydroxylation is 1. The molecular weight excluding hydrogens is 400 g/mol. The van der Waals surface area contributed by atoms with Gasteiger partial charge < -0.3 is 9.13 Å². The van der Waals surface area contributed by atoms with Crippen molar-refractivity contribution in [1.82, 2.24) is 9.13 Å². The van der Waals surface area contributed by atoms with E-state index in [1.165, 1.54) is 60.4 Å². The van der Waals surface area contributed by atoms with Crippen molar-refractivity contribution in [2.24, 2.45) is 7.05 Å². The number of fused-ring (bicyclic) bond motifs is 6. The molecule has 0 fully saturated rings. The van der Waals surface area contributed by atoms with Crippen LogP contribution in [0.1, 0.15) is 0 Å². The lowest BCUT2D eigenvalue weighted by Gasteiger charge is -2.08. The molecule has 0 aliphatic heterocycles. The summed E-state index contributed by atoms with van der Waals surface area (Å²) >= 11 is 0. The van der Waals surface area contributed by atoms with Crippen LogP contribution in [0.4, 0.5) is 0 Å². The molecule has 7 aromatic rings. The zero-order valence-corrected chi connectivity index (χ0v) is 18.4. The zero-order chi connectivity index (χ0) is 21.9. The van der Waals surface area contributed by atoms with Gasteiger partial charge in [0.2, 0.25) is 0 Å². The Hall–Kier alpha value is -4.30. The zero-order valence-electron chi connectivity index (χ0n) is 18.4. The average Bonchev–Trinajstić information content (AvgIpc) is 3.36. The maximum atomic E-state index is 2.40. The molecule has 5 aromatic carbocycles. The van der Waals surface area contributed by atoms with Gasteiger partial charge in [-0.05, 0) is 47.5 Å². The van der Waals surface area contributed by atoms with Crippen molar-refractivity contribution in [3.63, 3.8) is 0 Å². The average molecular weight is 423 g/mol. The van der Waals surface area contributed by atoms with Gasteiger partial charge in [0.05, 0.1) is 16.6 Å². The molecule has 0 radical (unpaired) electrons. The van der Waals surface area contributed by atoms with E-state index < -0.39 is 0 Å². The first kappa shape index (κ1) is 18.3. The molecule has 0 saturated heterocycles. The minimum atomic E-state index is 1.19. The van der Waals surface area contributed by atoms with E-state index in [1.807, 2.05) is 0 Å². The lowest BCUT2D eigenvalue weighted by Crippen LogP contribution is -1.93. The Morgan fingerprint density at radius 1 is 0.485 bits per heavy atom. The van der Waals surface area contributed by atoms with Crippen LogP contribution in [0.25, 0.3) is 60.4 Å². The van der Waals surface area contributed by atoms with Crippen LogP contribution in [0.15, 0.2) is 115 Å². The third-order valence-corrected chi connectivity index (χ3v) is 6.92. The standard InChI is InChI=1S/C31H22N2/c1-32-28-18-10-16-23(21-11-4-2-5-12-21)31(28)26-19-25-24-15-8-9-17-27(24)33(30(25)20-29(26)32)22-13-6-3-7-14-22/h2-20H,1H3. The second kappa shape index (κ2) is 6.85. The number of hydrogen-bond donors (Lipinski definition) is 0. The van der Waals surface area contributed by atoms with E-state index >= 15 is 0 Å². The van der Waals surface area contributed by atoms with Crippen LogP contribution in [0, 0.1) is 0 Å². The van der Waals surface area contributed by atoms with Crippen LogP contribution in [0.5, 0.6) is 0 Å². The first-order chi connectivity index (χ1) is 16.3. The van der Waals surface area contributed by atoms with Crippen molar-refractivity contribution in [1.29, 1.82) is 0 Å². The first-order valence-corrected chi connectivity index (χ1v) is 11.4. The smallest absolute Gasteiger partial charge is 0.0562 e. The predicted molar refractivity (Wildman–Crippen MR) is 140 cm³/mol. The third-order valence-electron chi connectivity index (χ3n) is 6.92. The summed E-state index contributed by atoms with van der Waals surface area (Å²) in [6.45, 7) is 0. The van der Waals surface area contributed by atoms with E-state index in [-0.39, 0.29) is 0 Å². The molecule has 33 heavy (non-hydrogen) atoms. The summed E-state index contributed by atoms with van der Waals surface area (Å²) < 4.78 is 4.73. The highest BCUT2D eigenvalue weighted by molar-refractivity contribution is 6.21. The monoisotopic (exact) mass is 422 g/mol. The number of benzene rings is 5. The Morgan fingerprint density at radius 2 is 1.18 bits per heavy atom. The van der Waals surface area contributed by atoms with E-state index in [2.05, 4.69) is 131 Å². The maximum Gasteiger partial charge on any atom is 0.0562 e. The lowest BCUT2D eigenvalue weighted by atomic mass is 9.99. The van der Waals surface area contributed by atoms with Gasteiger partial charge in [-0.3, -0.25) is 0 Å². The molecule has 0 amide bonds. The van der Waals surface area contributed by atoms with Crippen LogP contribution < -0.4 is 0 Å². The van der Waals surface area contributed by atoms with Gasteiger partial charge in [-0.25, -0.2) is 0 Å². The van der Waals surface area contributed by atoms with E-state index in [0.717, 1.165) is 0 Å². The number of para-hydroxylation sites is 2. The van der Waals surface area contributed by atoms with Gasteiger partial charge in [0.1, 0.15) is 0 Å². The van der Waals surface area contributed by atoms with Gasteiger partial charge in [0, 0.05) is 39.8 Å². The summed E-state index contributed by atoms with van der Waals surface area (Å²) in [5.74, 6) is 0. The quantitative estimate of drug-likeness (QED) is 0.266. The molecule has 0 aliphatic carbocycles. The number of aromatic nitrogens is 2. The van der Waals surface area contributed by atoms with Crippen molar-refractivity contribution in [3.05, 3.63) is 115 Å². The molecule has 0 unspecified atom stereocenters.